The van der Waals surface area contributed by atoms with E-state index in [2.05, 4.69) is 20.4 Å². The number of nitrogens with two attached hydrogens (primary N) is 1. The van der Waals surface area contributed by atoms with Crippen molar-refractivity contribution >= 4 is 27.6 Å². The highest BCUT2D eigenvalue weighted by molar-refractivity contribution is 7.89. The number of carbonyl (C=O) groups is 1. The number of morpholine rings is 1. The first-order valence-electron chi connectivity index (χ1n) is 10.9. The number of ether oxygens (including phenoxy) is 1. The standard InChI is InChI=1S/C22H27N7O4S/c1-3-19(21(23)30)29-14-17(13-25-29)26-22-24-12-15(2)20(27-22)16-4-6-18(7-5-16)34(31,32)28-8-10-33-11-9-28/h4-7,12-14,19H,3,8-11H2,1-2H3,(H2,23,30)(H,24,26,27). The molecule has 0 radical (unpaired) electrons. The van der Waals surface area contributed by atoms with Gasteiger partial charge in [0.25, 0.3) is 0 Å². The number of rotatable bonds is 8. The van der Waals surface area contributed by atoms with Gasteiger partial charge in [-0.25, -0.2) is 18.4 Å². The highest BCUT2D eigenvalue weighted by Gasteiger charge is 2.26. The second-order valence-corrected chi connectivity index (χ2v) is 9.86. The number of amides is 1. The molecule has 4 rings (SSSR count). The lowest BCUT2D eigenvalue weighted by atomic mass is 10.1. The molecule has 3 heterocycles. The Morgan fingerprint density at radius 1 is 1.21 bits per heavy atom. The van der Waals surface area contributed by atoms with Crippen molar-refractivity contribution in [1.82, 2.24) is 24.1 Å². The number of anilines is 2. The van der Waals surface area contributed by atoms with E-state index in [9.17, 15) is 13.2 Å². The van der Waals surface area contributed by atoms with Crippen molar-refractivity contribution < 1.29 is 17.9 Å². The molecule has 1 saturated heterocycles. The van der Waals surface area contributed by atoms with E-state index < -0.39 is 22.0 Å². The molecule has 1 fully saturated rings. The van der Waals surface area contributed by atoms with Gasteiger partial charge < -0.3 is 15.8 Å². The maximum atomic E-state index is 12.9. The van der Waals surface area contributed by atoms with Gasteiger partial charge in [0, 0.05) is 31.0 Å². The van der Waals surface area contributed by atoms with Crippen LogP contribution in [-0.4, -0.2) is 64.7 Å². The number of nitrogens with one attached hydrogen (secondary N) is 1. The van der Waals surface area contributed by atoms with Crippen molar-refractivity contribution in [3.8, 4) is 11.3 Å². The van der Waals surface area contributed by atoms with Crippen molar-refractivity contribution in [3.05, 3.63) is 48.4 Å². The second-order valence-electron chi connectivity index (χ2n) is 7.93. The summed E-state index contributed by atoms with van der Waals surface area (Å²) in [4.78, 5) is 20.7. The third-order valence-corrected chi connectivity index (χ3v) is 7.51. The van der Waals surface area contributed by atoms with Crippen LogP contribution >= 0.6 is 0 Å². The van der Waals surface area contributed by atoms with Crippen LogP contribution in [0.5, 0.6) is 0 Å². The largest absolute Gasteiger partial charge is 0.379 e. The summed E-state index contributed by atoms with van der Waals surface area (Å²) in [6, 6.07) is 6.13. The lowest BCUT2D eigenvalue weighted by Gasteiger charge is -2.26. The van der Waals surface area contributed by atoms with Gasteiger partial charge in [0.05, 0.1) is 35.7 Å². The van der Waals surface area contributed by atoms with Gasteiger partial charge in [-0.2, -0.15) is 9.40 Å². The molecule has 0 aliphatic carbocycles. The summed E-state index contributed by atoms with van der Waals surface area (Å²) in [6.07, 6.45) is 5.46. The fraction of sp³-hybridized carbons (Fsp3) is 0.364. The molecular weight excluding hydrogens is 458 g/mol. The van der Waals surface area contributed by atoms with E-state index in [1.165, 1.54) is 8.99 Å². The maximum Gasteiger partial charge on any atom is 0.243 e. The van der Waals surface area contributed by atoms with Crippen LogP contribution in [0.1, 0.15) is 24.9 Å². The fourth-order valence-electron chi connectivity index (χ4n) is 3.74. The number of carbonyl (C=O) groups excluding carboxylic acids is 1. The highest BCUT2D eigenvalue weighted by Crippen LogP contribution is 2.26. The first-order valence-corrected chi connectivity index (χ1v) is 12.4. The normalized spacial score (nSPS) is 15.7. The molecule has 0 saturated carbocycles. The topological polar surface area (TPSA) is 145 Å². The average Bonchev–Trinajstić information content (AvgIpc) is 3.29. The second kappa shape index (κ2) is 9.87. The zero-order valence-electron chi connectivity index (χ0n) is 19.0. The zero-order chi connectivity index (χ0) is 24.3. The van der Waals surface area contributed by atoms with E-state index in [0.29, 0.717) is 50.1 Å². The van der Waals surface area contributed by atoms with Gasteiger partial charge in [-0.1, -0.05) is 19.1 Å². The van der Waals surface area contributed by atoms with Crippen LogP contribution in [0.3, 0.4) is 0 Å². The number of sulfonamides is 1. The summed E-state index contributed by atoms with van der Waals surface area (Å²) in [5.74, 6) is -0.109. The van der Waals surface area contributed by atoms with Crippen molar-refractivity contribution in [2.24, 2.45) is 5.73 Å². The highest BCUT2D eigenvalue weighted by atomic mass is 32.2. The van der Waals surface area contributed by atoms with Gasteiger partial charge in [0.1, 0.15) is 6.04 Å². The monoisotopic (exact) mass is 485 g/mol. The molecule has 3 N–H and O–H groups in total. The average molecular weight is 486 g/mol. The molecule has 180 valence electrons. The smallest absolute Gasteiger partial charge is 0.243 e. The van der Waals surface area contributed by atoms with Crippen LogP contribution < -0.4 is 11.1 Å². The number of aryl methyl sites for hydroxylation is 1. The Morgan fingerprint density at radius 3 is 2.56 bits per heavy atom. The Bertz CT molecular complexity index is 1270. The van der Waals surface area contributed by atoms with Gasteiger partial charge in [0.2, 0.25) is 21.9 Å². The molecule has 1 aromatic carbocycles. The minimum absolute atomic E-state index is 0.232. The number of aromatic nitrogens is 4. The Labute approximate surface area is 198 Å². The van der Waals surface area contributed by atoms with E-state index in [-0.39, 0.29) is 4.90 Å². The molecule has 3 aromatic rings. The van der Waals surface area contributed by atoms with Gasteiger partial charge in [-0.15, -0.1) is 0 Å². The molecule has 1 atom stereocenters. The maximum absolute atomic E-state index is 12.9. The number of nitrogens with zero attached hydrogens (tertiary/aromatic N) is 5. The van der Waals surface area contributed by atoms with Gasteiger partial charge in [-0.3, -0.25) is 9.48 Å². The first kappa shape index (κ1) is 23.8. The Kier molecular flexibility index (Phi) is 6.91. The van der Waals surface area contributed by atoms with E-state index in [0.717, 1.165) is 11.1 Å². The number of primary amides is 1. The van der Waals surface area contributed by atoms with Crippen molar-refractivity contribution in [3.63, 3.8) is 0 Å². The van der Waals surface area contributed by atoms with Crippen molar-refractivity contribution in [1.29, 1.82) is 0 Å². The predicted molar refractivity (Wildman–Crippen MR) is 126 cm³/mol. The zero-order valence-corrected chi connectivity index (χ0v) is 19.8. The Hall–Kier alpha value is -3.35. The molecule has 1 amide bonds. The number of hydrogen-bond donors (Lipinski definition) is 2. The number of hydrogen-bond acceptors (Lipinski definition) is 8. The van der Waals surface area contributed by atoms with Crippen molar-refractivity contribution in [2.45, 2.75) is 31.2 Å². The van der Waals surface area contributed by atoms with E-state index in [4.69, 9.17) is 10.5 Å². The summed E-state index contributed by atoms with van der Waals surface area (Å²) < 4.78 is 33.9. The molecule has 11 nitrogen and oxygen atoms in total. The number of benzene rings is 1. The Morgan fingerprint density at radius 2 is 1.91 bits per heavy atom. The molecule has 12 heteroatoms. The predicted octanol–water partition coefficient (Wildman–Crippen LogP) is 1.85. The minimum atomic E-state index is -3.57. The summed E-state index contributed by atoms with van der Waals surface area (Å²) in [6.45, 7) is 5.23. The van der Waals surface area contributed by atoms with E-state index in [1.54, 1.807) is 42.9 Å². The molecule has 1 aliphatic rings. The summed E-state index contributed by atoms with van der Waals surface area (Å²) in [5.41, 5.74) is 8.31. The summed E-state index contributed by atoms with van der Waals surface area (Å²) in [7, 11) is -3.57. The molecule has 0 bridgehead atoms. The summed E-state index contributed by atoms with van der Waals surface area (Å²) in [5, 5.41) is 7.29. The van der Waals surface area contributed by atoms with Crippen LogP contribution in [0.25, 0.3) is 11.3 Å². The molecule has 1 unspecified atom stereocenters. The quantitative estimate of drug-likeness (QED) is 0.492. The fourth-order valence-corrected chi connectivity index (χ4v) is 5.14. The van der Waals surface area contributed by atoms with Crippen LogP contribution in [0.15, 0.2) is 47.8 Å². The summed E-state index contributed by atoms with van der Waals surface area (Å²) >= 11 is 0. The van der Waals surface area contributed by atoms with Crippen molar-refractivity contribution in [2.75, 3.05) is 31.6 Å². The van der Waals surface area contributed by atoms with E-state index in [1.807, 2.05) is 13.8 Å². The minimum Gasteiger partial charge on any atom is -0.379 e. The SMILES string of the molecule is CCC(C(N)=O)n1cc(Nc2ncc(C)c(-c3ccc(S(=O)(=O)N4CCOCC4)cc3)n2)cn1. The third kappa shape index (κ3) is 4.93. The lowest BCUT2D eigenvalue weighted by molar-refractivity contribution is -0.121. The molecular formula is C22H27N7O4S. The van der Waals surface area contributed by atoms with Crippen LogP contribution in [0.4, 0.5) is 11.6 Å². The van der Waals surface area contributed by atoms with Gasteiger partial charge in [0.15, 0.2) is 0 Å². The van der Waals surface area contributed by atoms with Crippen LogP contribution in [0, 0.1) is 6.92 Å². The molecule has 1 aliphatic heterocycles. The molecule has 2 aromatic heterocycles. The molecule has 0 spiro atoms. The van der Waals surface area contributed by atoms with Gasteiger partial charge >= 0.3 is 0 Å². The van der Waals surface area contributed by atoms with Crippen LogP contribution in [0.2, 0.25) is 0 Å². The first-order chi connectivity index (χ1) is 16.3. The van der Waals surface area contributed by atoms with E-state index >= 15 is 0 Å². The van der Waals surface area contributed by atoms with Gasteiger partial charge in [-0.05, 0) is 31.0 Å². The molecule has 34 heavy (non-hydrogen) atoms. The van der Waals surface area contributed by atoms with Crippen LogP contribution in [-0.2, 0) is 19.6 Å². The third-order valence-electron chi connectivity index (χ3n) is 5.60. The lowest BCUT2D eigenvalue weighted by Crippen LogP contribution is -2.40. The Balaban J connectivity index is 1.54.